The van der Waals surface area contributed by atoms with Crippen LogP contribution in [0.25, 0.3) is 22.2 Å². The van der Waals surface area contributed by atoms with Gasteiger partial charge in [0.25, 0.3) is 0 Å². The minimum atomic E-state index is -3.94. The molecule has 2 N–H and O–H groups in total. The summed E-state index contributed by atoms with van der Waals surface area (Å²) in [5.74, 6) is -0.0739. The molecule has 3 aromatic rings. The van der Waals surface area contributed by atoms with Gasteiger partial charge in [-0.1, -0.05) is 12.1 Å². The number of carbonyl (C=O) groups is 2. The van der Waals surface area contributed by atoms with Crippen LogP contribution in [0.1, 0.15) is 16.8 Å². The number of ether oxygens (including phenoxy) is 1. The van der Waals surface area contributed by atoms with E-state index >= 15 is 0 Å². The quantitative estimate of drug-likeness (QED) is 0.626. The minimum Gasteiger partial charge on any atom is -0.493 e. The summed E-state index contributed by atoms with van der Waals surface area (Å²) in [5, 5.41) is 0.858. The number of likely N-dealkylation sites (N-methyl/N-ethyl adjacent to an activating group) is 1. The first-order valence-electron chi connectivity index (χ1n) is 9.44. The second-order valence-electron chi connectivity index (χ2n) is 7.10. The number of sulfonamides is 1. The van der Waals surface area contributed by atoms with E-state index in [1.165, 1.54) is 13.1 Å². The number of benzene rings is 2. The number of fused-ring (bicyclic) bond motifs is 5. The summed E-state index contributed by atoms with van der Waals surface area (Å²) in [6, 6.07) is 11.9. The van der Waals surface area contributed by atoms with Crippen molar-refractivity contribution in [1.82, 2.24) is 8.87 Å². The molecule has 8 nitrogen and oxygen atoms in total. The van der Waals surface area contributed by atoms with Crippen LogP contribution in [0.4, 0.5) is 0 Å². The predicted molar refractivity (Wildman–Crippen MR) is 112 cm³/mol. The molecule has 2 heterocycles. The van der Waals surface area contributed by atoms with Crippen molar-refractivity contribution in [2.45, 2.75) is 17.9 Å². The first kappa shape index (κ1) is 20.1. The number of primary amides is 1. The average molecular weight is 427 g/mol. The van der Waals surface area contributed by atoms with Crippen molar-refractivity contribution in [2.24, 2.45) is 5.73 Å². The topological polar surface area (TPSA) is 112 Å². The Bertz CT molecular complexity index is 1260. The van der Waals surface area contributed by atoms with Gasteiger partial charge < -0.3 is 19.8 Å². The molecular formula is C21H21N3O5S. The smallest absolute Gasteiger partial charge is 0.248 e. The summed E-state index contributed by atoms with van der Waals surface area (Å²) in [6.07, 6.45) is 1.25. The summed E-state index contributed by atoms with van der Waals surface area (Å²) in [7, 11) is -2.58. The lowest BCUT2D eigenvalue weighted by molar-refractivity contribution is -0.107. The van der Waals surface area contributed by atoms with E-state index in [-0.39, 0.29) is 11.4 Å². The molecule has 0 radical (unpaired) electrons. The Morgan fingerprint density at radius 2 is 2.07 bits per heavy atom. The molecule has 0 unspecified atom stereocenters. The molecule has 0 aliphatic carbocycles. The number of nitrogens with zero attached hydrogens (tertiary/aromatic N) is 2. The standard InChI is InChI=1S/C21H21N3O5S/c1-23(9-10-25)30(27,28)19-5-2-4-18-20(19)17-12-14-6-7-15(21(22)26)13-16(14)24(17)8-3-11-29-18/h2,4-7,10,12-13H,3,8-9,11H2,1H3,(H2,22,26). The maximum Gasteiger partial charge on any atom is 0.248 e. The molecule has 0 spiro atoms. The summed E-state index contributed by atoms with van der Waals surface area (Å²) in [5.41, 5.74) is 7.72. The Balaban J connectivity index is 2.02. The van der Waals surface area contributed by atoms with Crippen LogP contribution in [0, 0.1) is 0 Å². The van der Waals surface area contributed by atoms with E-state index in [9.17, 15) is 18.0 Å². The fourth-order valence-corrected chi connectivity index (χ4v) is 5.04. The zero-order valence-electron chi connectivity index (χ0n) is 16.4. The third-order valence-corrected chi connectivity index (χ3v) is 7.10. The maximum absolute atomic E-state index is 13.2. The fourth-order valence-electron chi connectivity index (χ4n) is 3.73. The Hall–Kier alpha value is -3.17. The zero-order chi connectivity index (χ0) is 21.5. The normalized spacial score (nSPS) is 13.8. The summed E-state index contributed by atoms with van der Waals surface area (Å²) in [4.78, 5) is 22.6. The van der Waals surface area contributed by atoms with Crippen molar-refractivity contribution in [1.29, 1.82) is 0 Å². The van der Waals surface area contributed by atoms with Crippen LogP contribution in [0.3, 0.4) is 0 Å². The van der Waals surface area contributed by atoms with Gasteiger partial charge in [0.05, 0.1) is 29.3 Å². The third kappa shape index (κ3) is 3.25. The number of rotatable bonds is 5. The lowest BCUT2D eigenvalue weighted by atomic mass is 10.1. The Morgan fingerprint density at radius 1 is 1.27 bits per heavy atom. The number of nitrogens with two attached hydrogens (primary N) is 1. The molecule has 0 atom stereocenters. The van der Waals surface area contributed by atoms with Crippen molar-refractivity contribution in [2.75, 3.05) is 20.2 Å². The van der Waals surface area contributed by atoms with Crippen molar-refractivity contribution in [3.63, 3.8) is 0 Å². The highest BCUT2D eigenvalue weighted by Gasteiger charge is 2.29. The molecule has 4 rings (SSSR count). The highest BCUT2D eigenvalue weighted by molar-refractivity contribution is 7.89. The third-order valence-electron chi connectivity index (χ3n) is 5.24. The van der Waals surface area contributed by atoms with Gasteiger partial charge in [0.1, 0.15) is 12.0 Å². The molecule has 1 aliphatic rings. The van der Waals surface area contributed by atoms with Gasteiger partial charge >= 0.3 is 0 Å². The van der Waals surface area contributed by atoms with Crippen LogP contribution in [0.2, 0.25) is 0 Å². The summed E-state index contributed by atoms with van der Waals surface area (Å²) < 4.78 is 35.3. The molecule has 30 heavy (non-hydrogen) atoms. The van der Waals surface area contributed by atoms with E-state index in [1.807, 2.05) is 10.6 Å². The summed E-state index contributed by atoms with van der Waals surface area (Å²) in [6.45, 7) is 0.742. The largest absolute Gasteiger partial charge is 0.493 e. The van der Waals surface area contributed by atoms with Crippen LogP contribution in [0.5, 0.6) is 5.75 Å². The predicted octanol–water partition coefficient (Wildman–Crippen LogP) is 2.01. The average Bonchev–Trinajstić information content (AvgIpc) is 3.06. The van der Waals surface area contributed by atoms with Crippen molar-refractivity contribution in [3.05, 3.63) is 48.0 Å². The molecule has 1 aliphatic heterocycles. The number of aromatic nitrogens is 1. The number of aldehydes is 1. The lowest BCUT2D eigenvalue weighted by Gasteiger charge is -2.23. The van der Waals surface area contributed by atoms with Gasteiger partial charge in [-0.15, -0.1) is 0 Å². The number of carbonyl (C=O) groups excluding carboxylic acids is 2. The molecule has 0 fully saturated rings. The van der Waals surface area contributed by atoms with Crippen LogP contribution in [-0.4, -0.2) is 49.7 Å². The molecule has 156 valence electrons. The molecule has 0 bridgehead atoms. The number of hydrogen-bond donors (Lipinski definition) is 1. The van der Waals surface area contributed by atoms with E-state index < -0.39 is 15.9 Å². The Kier molecular flexibility index (Phi) is 5.08. The van der Waals surface area contributed by atoms with Crippen LogP contribution in [0.15, 0.2) is 47.4 Å². The monoisotopic (exact) mass is 427 g/mol. The Labute approximate surface area is 173 Å². The van der Waals surface area contributed by atoms with E-state index in [0.29, 0.717) is 48.4 Å². The van der Waals surface area contributed by atoms with Gasteiger partial charge in [-0.05, 0) is 36.8 Å². The van der Waals surface area contributed by atoms with Crippen LogP contribution in [-0.2, 0) is 21.4 Å². The number of amides is 1. The van der Waals surface area contributed by atoms with E-state index in [0.717, 1.165) is 15.2 Å². The highest BCUT2D eigenvalue weighted by atomic mass is 32.2. The first-order chi connectivity index (χ1) is 14.3. The molecule has 1 aromatic heterocycles. The fraction of sp³-hybridized carbons (Fsp3) is 0.238. The Morgan fingerprint density at radius 3 is 2.80 bits per heavy atom. The van der Waals surface area contributed by atoms with Crippen LogP contribution >= 0.6 is 0 Å². The van der Waals surface area contributed by atoms with Crippen molar-refractivity contribution in [3.8, 4) is 17.0 Å². The van der Waals surface area contributed by atoms with Gasteiger partial charge in [0, 0.05) is 30.1 Å². The molecule has 0 saturated heterocycles. The highest BCUT2D eigenvalue weighted by Crippen LogP contribution is 2.41. The maximum atomic E-state index is 13.2. The van der Waals surface area contributed by atoms with Crippen molar-refractivity contribution >= 4 is 33.1 Å². The SMILES string of the molecule is CN(CC=O)S(=O)(=O)c1cccc2c1-c1cc3ccc(C(N)=O)cc3n1CCCO2. The molecule has 9 heteroatoms. The van der Waals surface area contributed by atoms with Gasteiger partial charge in [0.15, 0.2) is 0 Å². The second-order valence-corrected chi connectivity index (χ2v) is 9.12. The molecule has 1 amide bonds. The summed E-state index contributed by atoms with van der Waals surface area (Å²) >= 11 is 0. The number of aryl methyl sites for hydroxylation is 1. The van der Waals surface area contributed by atoms with Gasteiger partial charge in [0.2, 0.25) is 15.9 Å². The zero-order valence-corrected chi connectivity index (χ0v) is 17.2. The molecule has 0 saturated carbocycles. The van der Waals surface area contributed by atoms with Crippen LogP contribution < -0.4 is 10.5 Å². The van der Waals surface area contributed by atoms with Gasteiger partial charge in [-0.3, -0.25) is 4.79 Å². The van der Waals surface area contributed by atoms with Crippen molar-refractivity contribution < 1.29 is 22.7 Å². The van der Waals surface area contributed by atoms with E-state index in [2.05, 4.69) is 0 Å². The second kappa shape index (κ2) is 7.58. The van der Waals surface area contributed by atoms with Gasteiger partial charge in [-0.25, -0.2) is 8.42 Å². The minimum absolute atomic E-state index is 0.0606. The lowest BCUT2D eigenvalue weighted by Crippen LogP contribution is -2.29. The van der Waals surface area contributed by atoms with E-state index in [4.69, 9.17) is 10.5 Å². The molecular weight excluding hydrogens is 406 g/mol. The number of hydrogen-bond acceptors (Lipinski definition) is 5. The van der Waals surface area contributed by atoms with E-state index in [1.54, 1.807) is 30.3 Å². The van der Waals surface area contributed by atoms with Gasteiger partial charge in [-0.2, -0.15) is 4.31 Å². The first-order valence-corrected chi connectivity index (χ1v) is 10.9. The molecule has 2 aromatic carbocycles.